The van der Waals surface area contributed by atoms with Crippen LogP contribution >= 0.6 is 0 Å². The monoisotopic (exact) mass is 496 g/mol. The van der Waals surface area contributed by atoms with E-state index in [1.54, 1.807) is 32.2 Å². The first-order chi connectivity index (χ1) is 16.5. The van der Waals surface area contributed by atoms with Crippen molar-refractivity contribution in [3.8, 4) is 6.07 Å². The van der Waals surface area contributed by atoms with Crippen LogP contribution in [-0.2, 0) is 25.2 Å². The topological polar surface area (TPSA) is 86.1 Å². The van der Waals surface area contributed by atoms with Gasteiger partial charge >= 0.3 is 6.18 Å². The Morgan fingerprint density at radius 3 is 2.49 bits per heavy atom. The Hall–Kier alpha value is -2.84. The molecule has 1 atom stereocenters. The Kier molecular flexibility index (Phi) is 8.28. The predicted molar refractivity (Wildman–Crippen MR) is 121 cm³/mol. The van der Waals surface area contributed by atoms with Crippen LogP contribution in [0.2, 0.25) is 0 Å². The van der Waals surface area contributed by atoms with Crippen LogP contribution in [0.5, 0.6) is 0 Å². The van der Waals surface area contributed by atoms with Crippen molar-refractivity contribution >= 4 is 17.5 Å². The second-order valence-electron chi connectivity index (χ2n) is 9.29. The fraction of sp³-hybridized carbons (Fsp3) is 0.625. The first-order valence-electron chi connectivity index (χ1n) is 11.4. The van der Waals surface area contributed by atoms with E-state index in [1.165, 1.54) is 17.0 Å². The van der Waals surface area contributed by atoms with Gasteiger partial charge in [-0.15, -0.1) is 0 Å². The minimum atomic E-state index is -4.63. The number of nitriles is 1. The van der Waals surface area contributed by atoms with E-state index >= 15 is 0 Å². The van der Waals surface area contributed by atoms with Crippen LogP contribution < -0.4 is 4.90 Å². The van der Waals surface area contributed by atoms with Gasteiger partial charge in [0.15, 0.2) is 0 Å². The average molecular weight is 497 g/mol. The molecule has 1 aromatic carbocycles. The maximum absolute atomic E-state index is 13.4. The number of carbonyl (C=O) groups is 2. The van der Waals surface area contributed by atoms with Gasteiger partial charge in [0.05, 0.1) is 36.3 Å². The fourth-order valence-electron chi connectivity index (χ4n) is 4.98. The van der Waals surface area contributed by atoms with Crippen LogP contribution in [0.25, 0.3) is 0 Å². The Labute approximate surface area is 203 Å². The van der Waals surface area contributed by atoms with Crippen LogP contribution in [0.1, 0.15) is 24.0 Å². The molecule has 2 fully saturated rings. The number of halogens is 3. The minimum Gasteiger partial charge on any atom is -0.382 e. The van der Waals surface area contributed by atoms with E-state index < -0.39 is 28.6 Å². The highest BCUT2D eigenvalue weighted by atomic mass is 19.4. The molecule has 35 heavy (non-hydrogen) atoms. The molecule has 0 N–H and O–H groups in total. The van der Waals surface area contributed by atoms with E-state index in [9.17, 15) is 22.8 Å². The molecule has 2 heterocycles. The van der Waals surface area contributed by atoms with Crippen LogP contribution in [-0.4, -0.2) is 88.8 Å². The molecule has 3 rings (SSSR count). The van der Waals surface area contributed by atoms with Crippen molar-refractivity contribution in [1.82, 2.24) is 9.80 Å². The Bertz CT molecular complexity index is 968. The summed E-state index contributed by atoms with van der Waals surface area (Å²) in [6.07, 6.45) is -3.53. The van der Waals surface area contributed by atoms with Gasteiger partial charge in [-0.1, -0.05) is 0 Å². The third-order valence-electron chi connectivity index (χ3n) is 6.95. The number of ether oxygens (including phenoxy) is 2. The third kappa shape index (κ3) is 5.87. The SMILES string of the molecule is COCCOCC(=O)N1CC(C(=O)N(C)C)C2(CCN(c3ccc(C#N)c(C(F)(F)F)c3)CC2)C1. The number of hydrogen-bond acceptors (Lipinski definition) is 6. The van der Waals surface area contributed by atoms with Crippen molar-refractivity contribution in [2.75, 3.05) is 72.1 Å². The lowest BCUT2D eigenvalue weighted by molar-refractivity contribution is -0.138. The zero-order valence-electron chi connectivity index (χ0n) is 20.2. The minimum absolute atomic E-state index is 0.0632. The van der Waals surface area contributed by atoms with E-state index in [0.29, 0.717) is 57.9 Å². The van der Waals surface area contributed by atoms with Crippen LogP contribution in [0.3, 0.4) is 0 Å². The molecule has 0 aromatic heterocycles. The van der Waals surface area contributed by atoms with Gasteiger partial charge in [0, 0.05) is 58.5 Å². The highest BCUT2D eigenvalue weighted by Crippen LogP contribution is 2.46. The summed E-state index contributed by atoms with van der Waals surface area (Å²) >= 11 is 0. The summed E-state index contributed by atoms with van der Waals surface area (Å²) in [5.74, 6) is -0.653. The van der Waals surface area contributed by atoms with Crippen molar-refractivity contribution in [2.45, 2.75) is 19.0 Å². The van der Waals surface area contributed by atoms with Gasteiger partial charge in [-0.05, 0) is 31.0 Å². The molecule has 0 radical (unpaired) electrons. The second kappa shape index (κ2) is 10.8. The zero-order chi connectivity index (χ0) is 25.8. The lowest BCUT2D eigenvalue weighted by atomic mass is 9.70. The number of likely N-dealkylation sites (tertiary alicyclic amines) is 1. The molecule has 1 unspecified atom stereocenters. The number of nitrogens with zero attached hydrogens (tertiary/aromatic N) is 4. The maximum atomic E-state index is 13.4. The molecule has 2 aliphatic rings. The third-order valence-corrected chi connectivity index (χ3v) is 6.95. The summed E-state index contributed by atoms with van der Waals surface area (Å²) in [5, 5.41) is 9.05. The predicted octanol–water partition coefficient (Wildman–Crippen LogP) is 2.37. The maximum Gasteiger partial charge on any atom is 0.417 e. The molecule has 0 saturated carbocycles. The van der Waals surface area contributed by atoms with Gasteiger partial charge in [-0.2, -0.15) is 18.4 Å². The van der Waals surface area contributed by atoms with Crippen LogP contribution in [0, 0.1) is 22.7 Å². The number of hydrogen-bond donors (Lipinski definition) is 0. The molecular formula is C24H31F3N4O4. The Balaban J connectivity index is 1.76. The van der Waals surface area contributed by atoms with E-state index in [-0.39, 0.29) is 18.4 Å². The molecule has 0 bridgehead atoms. The number of amides is 2. The Morgan fingerprint density at radius 2 is 1.91 bits per heavy atom. The first kappa shape index (κ1) is 26.8. The summed E-state index contributed by atoms with van der Waals surface area (Å²) < 4.78 is 50.5. The van der Waals surface area contributed by atoms with Crippen molar-refractivity contribution in [1.29, 1.82) is 5.26 Å². The number of piperidine rings is 1. The Morgan fingerprint density at radius 1 is 1.23 bits per heavy atom. The summed E-state index contributed by atoms with van der Waals surface area (Å²) in [4.78, 5) is 30.8. The van der Waals surface area contributed by atoms with Gasteiger partial charge in [0.2, 0.25) is 11.8 Å². The number of anilines is 1. The van der Waals surface area contributed by atoms with Gasteiger partial charge in [-0.3, -0.25) is 9.59 Å². The van der Waals surface area contributed by atoms with Crippen molar-refractivity contribution < 1.29 is 32.2 Å². The van der Waals surface area contributed by atoms with E-state index in [1.807, 2.05) is 4.90 Å². The molecule has 11 heteroatoms. The summed E-state index contributed by atoms with van der Waals surface area (Å²) in [7, 11) is 4.90. The first-order valence-corrected chi connectivity index (χ1v) is 11.4. The summed E-state index contributed by atoms with van der Waals surface area (Å²) in [6, 6.07) is 5.34. The number of methoxy groups -OCH3 is 1. The lowest BCUT2D eigenvalue weighted by Crippen LogP contribution is -2.48. The molecule has 2 saturated heterocycles. The van der Waals surface area contributed by atoms with Crippen molar-refractivity contribution in [3.63, 3.8) is 0 Å². The van der Waals surface area contributed by atoms with Gasteiger partial charge in [0.25, 0.3) is 0 Å². The molecule has 8 nitrogen and oxygen atoms in total. The molecule has 0 aliphatic carbocycles. The van der Waals surface area contributed by atoms with Gasteiger partial charge in [0.1, 0.15) is 6.61 Å². The standard InChI is InChI=1S/C24H31F3N4O4/c1-29(2)22(33)20-14-31(21(32)15-35-11-10-34-3)16-23(20)6-8-30(9-7-23)18-5-4-17(13-28)19(12-18)24(25,26)27/h4-5,12,20H,6-11,14-16H2,1-3H3. The quantitative estimate of drug-likeness (QED) is 0.539. The van der Waals surface area contributed by atoms with E-state index in [2.05, 4.69) is 0 Å². The summed E-state index contributed by atoms with van der Waals surface area (Å²) in [6.45, 7) is 2.14. The largest absolute Gasteiger partial charge is 0.417 e. The highest BCUT2D eigenvalue weighted by molar-refractivity contribution is 5.83. The second-order valence-corrected chi connectivity index (χ2v) is 9.29. The normalized spacial score (nSPS) is 19.6. The number of benzene rings is 1. The fourth-order valence-corrected chi connectivity index (χ4v) is 4.98. The van der Waals surface area contributed by atoms with Crippen LogP contribution in [0.15, 0.2) is 18.2 Å². The number of alkyl halides is 3. The number of rotatable bonds is 7. The number of carbonyl (C=O) groups excluding carboxylic acids is 2. The molecule has 2 amide bonds. The smallest absolute Gasteiger partial charge is 0.382 e. The molecule has 1 spiro atoms. The zero-order valence-corrected chi connectivity index (χ0v) is 20.2. The van der Waals surface area contributed by atoms with Gasteiger partial charge in [-0.25, -0.2) is 0 Å². The lowest BCUT2D eigenvalue weighted by Gasteiger charge is -2.43. The van der Waals surface area contributed by atoms with E-state index in [4.69, 9.17) is 14.7 Å². The van der Waals surface area contributed by atoms with Crippen molar-refractivity contribution in [2.24, 2.45) is 11.3 Å². The molecule has 1 aromatic rings. The summed E-state index contributed by atoms with van der Waals surface area (Å²) in [5.41, 5.74) is -1.44. The molecule has 192 valence electrons. The molecule has 2 aliphatic heterocycles. The molecular weight excluding hydrogens is 465 g/mol. The average Bonchev–Trinajstić information content (AvgIpc) is 3.19. The van der Waals surface area contributed by atoms with Crippen molar-refractivity contribution in [3.05, 3.63) is 29.3 Å². The van der Waals surface area contributed by atoms with E-state index in [0.717, 1.165) is 6.07 Å². The van der Waals surface area contributed by atoms with Gasteiger partial charge < -0.3 is 24.2 Å². The van der Waals surface area contributed by atoms with Crippen LogP contribution in [0.4, 0.5) is 18.9 Å². The highest BCUT2D eigenvalue weighted by Gasteiger charge is 2.52.